The fourth-order valence-corrected chi connectivity index (χ4v) is 5.33. The highest BCUT2D eigenvalue weighted by molar-refractivity contribution is 7.89. The second-order valence-corrected chi connectivity index (χ2v) is 9.81. The Bertz CT molecular complexity index is 898. The molecule has 0 N–H and O–H groups in total. The molecule has 0 spiro atoms. The van der Waals surface area contributed by atoms with Crippen LogP contribution in [0.3, 0.4) is 0 Å². The van der Waals surface area contributed by atoms with Crippen LogP contribution in [-0.4, -0.2) is 67.6 Å². The summed E-state index contributed by atoms with van der Waals surface area (Å²) in [6.07, 6.45) is 1.80. The highest BCUT2D eigenvalue weighted by Gasteiger charge is 2.34. The predicted octanol–water partition coefficient (Wildman–Crippen LogP) is 1.84. The number of esters is 1. The molecular weight excluding hydrogens is 408 g/mol. The lowest BCUT2D eigenvalue weighted by Gasteiger charge is -2.31. The first-order chi connectivity index (χ1) is 14.2. The lowest BCUT2D eigenvalue weighted by atomic mass is 9.98. The third kappa shape index (κ3) is 4.89. The van der Waals surface area contributed by atoms with Crippen molar-refractivity contribution in [3.63, 3.8) is 0 Å². The fourth-order valence-electron chi connectivity index (χ4n) is 3.86. The van der Waals surface area contributed by atoms with Crippen LogP contribution in [0.15, 0.2) is 29.2 Å². The number of benzene rings is 1. The van der Waals surface area contributed by atoms with E-state index in [0.717, 1.165) is 12.8 Å². The molecule has 3 rings (SSSR count). The Morgan fingerprint density at radius 1 is 1.00 bits per heavy atom. The minimum Gasteiger partial charge on any atom is -0.452 e. The minimum absolute atomic E-state index is 0.123. The monoisotopic (exact) mass is 436 g/mol. The average Bonchev–Trinajstić information content (AvgIpc) is 3.28. The minimum atomic E-state index is -3.69. The Morgan fingerprint density at radius 3 is 2.10 bits per heavy atom. The second-order valence-electron chi connectivity index (χ2n) is 7.87. The first kappa shape index (κ1) is 22.4. The maximum atomic E-state index is 12.8. The highest BCUT2D eigenvalue weighted by Crippen LogP contribution is 2.25. The molecule has 1 aromatic rings. The molecule has 0 aromatic heterocycles. The average molecular weight is 437 g/mol. The number of sulfonamides is 1. The van der Waals surface area contributed by atoms with E-state index in [1.807, 2.05) is 0 Å². The van der Waals surface area contributed by atoms with Gasteiger partial charge in [0.25, 0.3) is 5.91 Å². The van der Waals surface area contributed by atoms with Crippen molar-refractivity contribution in [2.45, 2.75) is 50.5 Å². The Kier molecular flexibility index (Phi) is 6.92. The number of hydrogen-bond donors (Lipinski definition) is 0. The van der Waals surface area contributed by atoms with Gasteiger partial charge in [-0.05, 0) is 51.7 Å². The maximum Gasteiger partial charge on any atom is 0.309 e. The zero-order valence-electron chi connectivity index (χ0n) is 17.4. The van der Waals surface area contributed by atoms with Gasteiger partial charge in [-0.3, -0.25) is 14.4 Å². The molecule has 1 aromatic carbocycles. The fraction of sp³-hybridized carbons (Fsp3) is 0.571. The van der Waals surface area contributed by atoms with E-state index >= 15 is 0 Å². The maximum absolute atomic E-state index is 12.8. The van der Waals surface area contributed by atoms with Crippen LogP contribution in [0.4, 0.5) is 0 Å². The van der Waals surface area contributed by atoms with Crippen molar-refractivity contribution in [2.24, 2.45) is 5.92 Å². The number of ether oxygens (including phenoxy) is 1. The molecule has 2 aliphatic rings. The number of carbonyl (C=O) groups is 3. The molecule has 8 nitrogen and oxygen atoms in total. The second kappa shape index (κ2) is 9.26. The van der Waals surface area contributed by atoms with Crippen LogP contribution in [0.2, 0.25) is 0 Å². The summed E-state index contributed by atoms with van der Waals surface area (Å²) in [4.78, 5) is 38.0. The van der Waals surface area contributed by atoms with Crippen LogP contribution in [-0.2, 0) is 24.3 Å². The van der Waals surface area contributed by atoms with Crippen LogP contribution in [0.1, 0.15) is 49.9 Å². The van der Waals surface area contributed by atoms with Gasteiger partial charge in [0.1, 0.15) is 0 Å². The van der Waals surface area contributed by atoms with Crippen LogP contribution in [0, 0.1) is 5.92 Å². The number of carbonyl (C=O) groups excluding carboxylic acids is 3. The number of likely N-dealkylation sites (tertiary alicyclic amines) is 1. The van der Waals surface area contributed by atoms with Crippen LogP contribution in [0.5, 0.6) is 0 Å². The molecular formula is C21H28N2O6S. The molecule has 0 saturated carbocycles. The van der Waals surface area contributed by atoms with Gasteiger partial charge in [0, 0.05) is 31.7 Å². The molecule has 164 valence electrons. The molecule has 2 fully saturated rings. The highest BCUT2D eigenvalue weighted by atomic mass is 32.2. The van der Waals surface area contributed by atoms with Crippen LogP contribution < -0.4 is 0 Å². The van der Waals surface area contributed by atoms with Gasteiger partial charge in [-0.15, -0.1) is 0 Å². The summed E-state index contributed by atoms with van der Waals surface area (Å²) in [5.74, 6) is -1.17. The van der Waals surface area contributed by atoms with E-state index in [1.54, 1.807) is 11.8 Å². The molecule has 1 amide bonds. The van der Waals surface area contributed by atoms with Crippen molar-refractivity contribution < 1.29 is 27.5 Å². The summed E-state index contributed by atoms with van der Waals surface area (Å²) in [6.45, 7) is 4.81. The van der Waals surface area contributed by atoms with Crippen molar-refractivity contribution >= 4 is 27.7 Å². The summed E-state index contributed by atoms with van der Waals surface area (Å²) in [6, 6.07) is 5.85. The molecule has 0 aliphatic carbocycles. The molecule has 30 heavy (non-hydrogen) atoms. The molecule has 1 atom stereocenters. The molecule has 2 saturated heterocycles. The van der Waals surface area contributed by atoms with E-state index in [2.05, 4.69) is 0 Å². The number of rotatable bonds is 6. The Morgan fingerprint density at radius 2 is 1.57 bits per heavy atom. The van der Waals surface area contributed by atoms with Crippen molar-refractivity contribution in [1.29, 1.82) is 0 Å². The van der Waals surface area contributed by atoms with Gasteiger partial charge in [-0.2, -0.15) is 4.31 Å². The summed E-state index contributed by atoms with van der Waals surface area (Å²) in [5.41, 5.74) is 0.452. The van der Waals surface area contributed by atoms with Gasteiger partial charge < -0.3 is 9.64 Å². The van der Waals surface area contributed by atoms with Crippen molar-refractivity contribution in [1.82, 2.24) is 9.21 Å². The van der Waals surface area contributed by atoms with Gasteiger partial charge in [0.15, 0.2) is 11.9 Å². The van der Waals surface area contributed by atoms with Gasteiger partial charge in [-0.25, -0.2) is 8.42 Å². The van der Waals surface area contributed by atoms with Gasteiger partial charge >= 0.3 is 5.97 Å². The third-order valence-corrected chi connectivity index (χ3v) is 7.66. The standard InChI is InChI=1S/C21H28N2O6S/c1-15(24)17-5-7-19(8-6-17)30(27,28)23-13-9-18(10-14-23)21(26)29-16(2)20(25)22-11-3-4-12-22/h5-8,16,18H,3-4,9-14H2,1-2H3. The van der Waals surface area contributed by atoms with Gasteiger partial charge in [0.05, 0.1) is 10.8 Å². The van der Waals surface area contributed by atoms with Crippen molar-refractivity contribution in [3.8, 4) is 0 Å². The predicted molar refractivity (Wildman–Crippen MR) is 109 cm³/mol. The van der Waals surface area contributed by atoms with Crippen LogP contribution in [0.25, 0.3) is 0 Å². The largest absolute Gasteiger partial charge is 0.452 e. The number of piperidine rings is 1. The molecule has 2 aliphatic heterocycles. The quantitative estimate of drug-likeness (QED) is 0.498. The first-order valence-corrected chi connectivity index (χ1v) is 11.7. The van der Waals surface area contributed by atoms with E-state index in [9.17, 15) is 22.8 Å². The topological polar surface area (TPSA) is 101 Å². The molecule has 1 unspecified atom stereocenters. The van der Waals surface area contributed by atoms with Crippen molar-refractivity contribution in [2.75, 3.05) is 26.2 Å². The molecule has 9 heteroatoms. The summed E-state index contributed by atoms with van der Waals surface area (Å²) in [5, 5.41) is 0. The van der Waals surface area contributed by atoms with Gasteiger partial charge in [-0.1, -0.05) is 12.1 Å². The molecule has 2 heterocycles. The van der Waals surface area contributed by atoms with E-state index in [1.165, 1.54) is 35.5 Å². The first-order valence-electron chi connectivity index (χ1n) is 10.3. The molecule has 0 bridgehead atoms. The summed E-state index contributed by atoms with van der Waals surface area (Å²) < 4.78 is 32.4. The normalized spacial score (nSPS) is 19.5. The smallest absolute Gasteiger partial charge is 0.309 e. The zero-order valence-corrected chi connectivity index (χ0v) is 18.2. The van der Waals surface area contributed by atoms with E-state index < -0.39 is 28.0 Å². The van der Waals surface area contributed by atoms with E-state index in [0.29, 0.717) is 31.5 Å². The Labute approximate surface area is 177 Å². The third-order valence-electron chi connectivity index (χ3n) is 5.74. The van der Waals surface area contributed by atoms with Crippen molar-refractivity contribution in [3.05, 3.63) is 29.8 Å². The Hall–Kier alpha value is -2.26. The Balaban J connectivity index is 1.55. The number of hydrogen-bond acceptors (Lipinski definition) is 6. The number of ketones is 1. The lowest BCUT2D eigenvalue weighted by molar-refractivity contribution is -0.163. The summed E-state index contributed by atoms with van der Waals surface area (Å²) >= 11 is 0. The zero-order chi connectivity index (χ0) is 21.9. The van der Waals surface area contributed by atoms with Gasteiger partial charge in [0.2, 0.25) is 10.0 Å². The number of amides is 1. The lowest BCUT2D eigenvalue weighted by Crippen LogP contribution is -2.43. The summed E-state index contributed by atoms with van der Waals surface area (Å²) in [7, 11) is -3.69. The molecule has 0 radical (unpaired) electrons. The van der Waals surface area contributed by atoms with E-state index in [-0.39, 0.29) is 29.7 Å². The SMILES string of the molecule is CC(=O)c1ccc(S(=O)(=O)N2CCC(C(=O)OC(C)C(=O)N3CCCC3)CC2)cc1. The number of Topliss-reactive ketones (excluding diaryl/α,β-unsaturated/α-hetero) is 1. The van der Waals surface area contributed by atoms with E-state index in [4.69, 9.17) is 4.74 Å². The van der Waals surface area contributed by atoms with Crippen LogP contribution >= 0.6 is 0 Å². The number of nitrogens with zero attached hydrogens (tertiary/aromatic N) is 2.